The summed E-state index contributed by atoms with van der Waals surface area (Å²) < 4.78 is 10.7. The summed E-state index contributed by atoms with van der Waals surface area (Å²) in [6.07, 6.45) is 0.503. The molecule has 0 saturated carbocycles. The monoisotopic (exact) mass is 398 g/mol. The summed E-state index contributed by atoms with van der Waals surface area (Å²) in [6.45, 7) is 2.18. The molecule has 1 amide bonds. The van der Waals surface area contributed by atoms with Crippen LogP contribution in [0.15, 0.2) is 48.5 Å². The number of benzene rings is 2. The Kier molecular flexibility index (Phi) is 8.02. The van der Waals surface area contributed by atoms with E-state index in [1.807, 2.05) is 0 Å². The molecule has 0 saturated heterocycles. The van der Waals surface area contributed by atoms with Gasteiger partial charge in [-0.1, -0.05) is 12.1 Å². The largest absolute Gasteiger partial charge is 0.491 e. The van der Waals surface area contributed by atoms with Gasteiger partial charge in [0.05, 0.1) is 12.6 Å². The number of carbonyl (C=O) groups excluding carboxylic acids is 2. The molecular formula is C21H26N4O4. The number of nitrogens with two attached hydrogens (primary N) is 2. The van der Waals surface area contributed by atoms with Gasteiger partial charge in [-0.15, -0.1) is 0 Å². The molecule has 0 bridgehead atoms. The van der Waals surface area contributed by atoms with Crippen LogP contribution >= 0.6 is 0 Å². The van der Waals surface area contributed by atoms with Crippen molar-refractivity contribution in [3.8, 4) is 5.75 Å². The Hall–Kier alpha value is -3.55. The number of ether oxygens (including phenoxy) is 2. The third kappa shape index (κ3) is 7.17. The lowest BCUT2D eigenvalue weighted by Gasteiger charge is -2.19. The number of carbonyl (C=O) groups is 2. The molecule has 0 heterocycles. The van der Waals surface area contributed by atoms with E-state index in [-0.39, 0.29) is 30.7 Å². The van der Waals surface area contributed by atoms with Crippen molar-refractivity contribution in [1.82, 2.24) is 5.32 Å². The van der Waals surface area contributed by atoms with E-state index in [9.17, 15) is 9.59 Å². The summed E-state index contributed by atoms with van der Waals surface area (Å²) in [7, 11) is 0. The lowest BCUT2D eigenvalue weighted by atomic mass is 10.1. The zero-order chi connectivity index (χ0) is 21.2. The molecule has 6 N–H and O–H groups in total. The molecule has 29 heavy (non-hydrogen) atoms. The smallest absolute Gasteiger partial charge is 0.305 e. The summed E-state index contributed by atoms with van der Waals surface area (Å²) in [5.41, 5.74) is 12.7. The van der Waals surface area contributed by atoms with Crippen LogP contribution in [0.5, 0.6) is 5.75 Å². The molecule has 8 nitrogen and oxygen atoms in total. The Morgan fingerprint density at radius 3 is 2.52 bits per heavy atom. The molecule has 0 aliphatic carbocycles. The van der Waals surface area contributed by atoms with Crippen molar-refractivity contribution in [2.24, 2.45) is 5.73 Å². The SMILES string of the molecule is CCOC(=O)CC[C@H](COc1cccc(C(=N)N)c1)NC(=O)c1ccc(N)cc1. The van der Waals surface area contributed by atoms with E-state index >= 15 is 0 Å². The van der Waals surface area contributed by atoms with Crippen LogP contribution in [0.4, 0.5) is 5.69 Å². The van der Waals surface area contributed by atoms with Gasteiger partial charge in [-0.05, 0) is 49.7 Å². The van der Waals surface area contributed by atoms with Crippen molar-refractivity contribution in [2.75, 3.05) is 18.9 Å². The highest BCUT2D eigenvalue weighted by Gasteiger charge is 2.17. The molecule has 0 fully saturated rings. The summed E-state index contributed by atoms with van der Waals surface area (Å²) in [5.74, 6) is -0.177. The second kappa shape index (κ2) is 10.7. The first-order valence-corrected chi connectivity index (χ1v) is 9.28. The van der Waals surface area contributed by atoms with Gasteiger partial charge in [0.2, 0.25) is 0 Å². The Labute approximate surface area is 169 Å². The number of anilines is 1. The van der Waals surface area contributed by atoms with E-state index < -0.39 is 6.04 Å². The summed E-state index contributed by atoms with van der Waals surface area (Å²) in [5, 5.41) is 10.4. The molecule has 0 aliphatic rings. The van der Waals surface area contributed by atoms with Crippen LogP contribution in [-0.4, -0.2) is 37.0 Å². The Bertz CT molecular complexity index is 852. The zero-order valence-electron chi connectivity index (χ0n) is 16.3. The summed E-state index contributed by atoms with van der Waals surface area (Å²) in [4.78, 5) is 24.2. The fourth-order valence-electron chi connectivity index (χ4n) is 2.58. The Morgan fingerprint density at radius 1 is 1.14 bits per heavy atom. The van der Waals surface area contributed by atoms with Crippen LogP contribution in [0.2, 0.25) is 0 Å². The molecule has 0 aromatic heterocycles. The van der Waals surface area contributed by atoms with Crippen LogP contribution in [0.1, 0.15) is 35.7 Å². The van der Waals surface area contributed by atoms with Crippen molar-refractivity contribution >= 4 is 23.4 Å². The third-order valence-corrected chi connectivity index (χ3v) is 4.11. The highest BCUT2D eigenvalue weighted by atomic mass is 16.5. The predicted molar refractivity (Wildman–Crippen MR) is 111 cm³/mol. The zero-order valence-corrected chi connectivity index (χ0v) is 16.3. The number of nitrogen functional groups attached to an aromatic ring is 2. The fraction of sp³-hybridized carbons (Fsp3) is 0.286. The lowest BCUT2D eigenvalue weighted by molar-refractivity contribution is -0.143. The van der Waals surface area contributed by atoms with Gasteiger partial charge in [-0.3, -0.25) is 15.0 Å². The van der Waals surface area contributed by atoms with E-state index in [0.717, 1.165) is 0 Å². The van der Waals surface area contributed by atoms with Gasteiger partial charge in [0, 0.05) is 23.2 Å². The summed E-state index contributed by atoms with van der Waals surface area (Å²) in [6, 6.07) is 12.9. The highest BCUT2D eigenvalue weighted by Crippen LogP contribution is 2.14. The highest BCUT2D eigenvalue weighted by molar-refractivity contribution is 5.95. The minimum atomic E-state index is -0.426. The van der Waals surface area contributed by atoms with Crippen molar-refractivity contribution < 1.29 is 19.1 Å². The van der Waals surface area contributed by atoms with Crippen LogP contribution in [0.3, 0.4) is 0 Å². The molecule has 1 atom stereocenters. The Balaban J connectivity index is 2.04. The second-order valence-corrected chi connectivity index (χ2v) is 6.39. The van der Waals surface area contributed by atoms with E-state index in [4.69, 9.17) is 26.4 Å². The molecule has 154 valence electrons. The second-order valence-electron chi connectivity index (χ2n) is 6.39. The lowest BCUT2D eigenvalue weighted by Crippen LogP contribution is -2.39. The molecule has 0 spiro atoms. The maximum atomic E-state index is 12.5. The van der Waals surface area contributed by atoms with E-state index in [0.29, 0.717) is 35.6 Å². The first-order valence-electron chi connectivity index (χ1n) is 9.28. The normalized spacial score (nSPS) is 11.3. The number of rotatable bonds is 10. The van der Waals surface area contributed by atoms with Gasteiger partial charge in [-0.2, -0.15) is 0 Å². The Morgan fingerprint density at radius 2 is 1.86 bits per heavy atom. The standard InChI is InChI=1S/C21H26N4O4/c1-2-28-19(26)11-10-17(25-21(27)14-6-8-16(22)9-7-14)13-29-18-5-3-4-15(12-18)20(23)24/h3-9,12,17H,2,10-11,13,22H2,1H3,(H3,23,24)(H,25,27)/t17-/m1/s1. The average Bonchev–Trinajstić information content (AvgIpc) is 2.70. The fourth-order valence-corrected chi connectivity index (χ4v) is 2.58. The first kappa shape index (κ1) is 21.7. The summed E-state index contributed by atoms with van der Waals surface area (Å²) >= 11 is 0. The number of nitrogens with one attached hydrogen (secondary N) is 2. The maximum absolute atomic E-state index is 12.5. The van der Waals surface area contributed by atoms with Crippen molar-refractivity contribution in [3.63, 3.8) is 0 Å². The number of hydrogen-bond acceptors (Lipinski definition) is 6. The third-order valence-electron chi connectivity index (χ3n) is 4.11. The number of amidine groups is 1. The molecule has 2 aromatic rings. The molecule has 0 unspecified atom stereocenters. The van der Waals surface area contributed by atoms with E-state index in [2.05, 4.69) is 5.32 Å². The minimum absolute atomic E-state index is 0.0639. The average molecular weight is 398 g/mol. The number of hydrogen-bond donors (Lipinski definition) is 4. The molecule has 2 rings (SSSR count). The molecule has 8 heteroatoms. The van der Waals surface area contributed by atoms with Gasteiger partial charge < -0.3 is 26.3 Å². The molecule has 0 radical (unpaired) electrons. The van der Waals surface area contributed by atoms with Crippen LogP contribution < -0.4 is 21.5 Å². The van der Waals surface area contributed by atoms with Crippen molar-refractivity contribution in [2.45, 2.75) is 25.8 Å². The van der Waals surface area contributed by atoms with E-state index in [1.165, 1.54) is 0 Å². The van der Waals surface area contributed by atoms with Crippen LogP contribution in [0.25, 0.3) is 0 Å². The molecule has 2 aromatic carbocycles. The topological polar surface area (TPSA) is 141 Å². The number of amides is 1. The van der Waals surface area contributed by atoms with Crippen molar-refractivity contribution in [1.29, 1.82) is 5.41 Å². The van der Waals surface area contributed by atoms with Gasteiger partial charge >= 0.3 is 5.97 Å². The van der Waals surface area contributed by atoms with Gasteiger partial charge in [0.25, 0.3) is 5.91 Å². The quantitative estimate of drug-likeness (QED) is 0.209. The van der Waals surface area contributed by atoms with Crippen LogP contribution in [-0.2, 0) is 9.53 Å². The van der Waals surface area contributed by atoms with E-state index in [1.54, 1.807) is 55.5 Å². The maximum Gasteiger partial charge on any atom is 0.305 e. The van der Waals surface area contributed by atoms with Gasteiger partial charge in [-0.25, -0.2) is 0 Å². The minimum Gasteiger partial charge on any atom is -0.491 e. The van der Waals surface area contributed by atoms with Crippen molar-refractivity contribution in [3.05, 3.63) is 59.7 Å². The van der Waals surface area contributed by atoms with Crippen LogP contribution in [0, 0.1) is 5.41 Å². The van der Waals surface area contributed by atoms with Gasteiger partial charge in [0.1, 0.15) is 18.2 Å². The predicted octanol–water partition coefficient (Wildman–Crippen LogP) is 2.07. The molecule has 0 aliphatic heterocycles. The number of esters is 1. The first-order chi connectivity index (χ1) is 13.9. The molecular weight excluding hydrogens is 372 g/mol. The van der Waals surface area contributed by atoms with Gasteiger partial charge in [0.15, 0.2) is 0 Å².